The van der Waals surface area contributed by atoms with Crippen molar-refractivity contribution in [3.05, 3.63) is 78.0 Å². The Kier molecular flexibility index (Phi) is 3.71. The highest BCUT2D eigenvalue weighted by Gasteiger charge is 2.17. The van der Waals surface area contributed by atoms with Gasteiger partial charge >= 0.3 is 0 Å². The summed E-state index contributed by atoms with van der Waals surface area (Å²) in [6, 6.07) is 20.1. The van der Waals surface area contributed by atoms with Crippen LogP contribution in [-0.2, 0) is 0 Å². The Morgan fingerprint density at radius 3 is 2.62 bits per heavy atom. The van der Waals surface area contributed by atoms with Crippen molar-refractivity contribution >= 4 is 22.9 Å². The second kappa shape index (κ2) is 6.16. The Hall–Kier alpha value is -3.14. The molecule has 0 fully saturated rings. The number of benzene rings is 2. The number of rotatable bonds is 3. The van der Waals surface area contributed by atoms with E-state index in [4.69, 9.17) is 9.73 Å². The highest BCUT2D eigenvalue weighted by atomic mass is 16.5. The molecule has 0 bridgehead atoms. The first-order chi connectivity index (χ1) is 11.8. The average Bonchev–Trinajstić information content (AvgIpc) is 2.79. The van der Waals surface area contributed by atoms with E-state index in [0.717, 1.165) is 39.8 Å². The zero-order valence-corrected chi connectivity index (χ0v) is 13.4. The van der Waals surface area contributed by atoms with Gasteiger partial charge in [-0.3, -0.25) is 0 Å². The Labute approximate surface area is 140 Å². The molecule has 0 radical (unpaired) electrons. The number of aliphatic imine (C=N–C) groups is 1. The van der Waals surface area contributed by atoms with Gasteiger partial charge in [-0.05, 0) is 49.4 Å². The molecule has 24 heavy (non-hydrogen) atoms. The Balaban J connectivity index is 1.87. The lowest BCUT2D eigenvalue weighted by Crippen LogP contribution is -2.04. The van der Waals surface area contributed by atoms with Crippen molar-refractivity contribution in [1.82, 2.24) is 4.98 Å². The first kappa shape index (κ1) is 14.5. The summed E-state index contributed by atoms with van der Waals surface area (Å²) in [5.41, 5.74) is 4.86. The molecule has 0 spiro atoms. The topological polar surface area (TPSA) is 46.5 Å². The van der Waals surface area contributed by atoms with E-state index in [1.165, 1.54) is 0 Å². The number of para-hydroxylation sites is 1. The van der Waals surface area contributed by atoms with Gasteiger partial charge in [0.15, 0.2) is 5.82 Å². The summed E-state index contributed by atoms with van der Waals surface area (Å²) >= 11 is 0. The molecule has 1 aromatic heterocycles. The first-order valence-corrected chi connectivity index (χ1v) is 7.98. The number of nitrogens with one attached hydrogen (secondary N) is 1. The minimum Gasteiger partial charge on any atom is -0.494 e. The molecule has 4 heteroatoms. The number of hydrogen-bond acceptors (Lipinski definition) is 4. The van der Waals surface area contributed by atoms with Crippen molar-refractivity contribution < 1.29 is 4.74 Å². The molecule has 0 saturated carbocycles. The lowest BCUT2D eigenvalue weighted by atomic mass is 10.0. The Morgan fingerprint density at radius 1 is 0.958 bits per heavy atom. The van der Waals surface area contributed by atoms with Crippen LogP contribution in [0, 0.1) is 0 Å². The smallest absolute Gasteiger partial charge is 0.156 e. The summed E-state index contributed by atoms with van der Waals surface area (Å²) in [5, 5.41) is 3.38. The maximum Gasteiger partial charge on any atom is 0.156 e. The molecule has 0 aliphatic carbocycles. The number of fused-ring (bicyclic) bond motifs is 2. The van der Waals surface area contributed by atoms with Gasteiger partial charge in [-0.1, -0.05) is 18.2 Å². The fraction of sp³-hybridized carbons (Fsp3) is 0.100. The minimum absolute atomic E-state index is 0.659. The number of nitrogens with zero attached hydrogens (tertiary/aromatic N) is 2. The third-order valence-corrected chi connectivity index (χ3v) is 3.89. The van der Waals surface area contributed by atoms with Crippen LogP contribution in [0.1, 0.15) is 18.1 Å². The third-order valence-electron chi connectivity index (χ3n) is 3.89. The number of pyridine rings is 1. The number of ether oxygens (including phenoxy) is 1. The van der Waals surface area contributed by atoms with Crippen molar-refractivity contribution in [2.75, 3.05) is 11.9 Å². The molecular weight excluding hydrogens is 298 g/mol. The molecule has 118 valence electrons. The van der Waals surface area contributed by atoms with Crippen LogP contribution in [0.2, 0.25) is 0 Å². The number of anilines is 2. The van der Waals surface area contributed by atoms with Gasteiger partial charge < -0.3 is 10.1 Å². The van der Waals surface area contributed by atoms with Gasteiger partial charge in [0.25, 0.3) is 0 Å². The molecule has 3 aromatic rings. The van der Waals surface area contributed by atoms with Crippen molar-refractivity contribution in [3.8, 4) is 5.75 Å². The number of aromatic nitrogens is 1. The molecule has 4 nitrogen and oxygen atoms in total. The summed E-state index contributed by atoms with van der Waals surface area (Å²) < 4.78 is 5.54. The molecule has 1 aliphatic rings. The fourth-order valence-corrected chi connectivity index (χ4v) is 2.79. The third kappa shape index (κ3) is 2.63. The standard InChI is InChI=1S/C20H17N3O/c1-2-24-15-11-9-14(10-12-15)19-16-6-3-4-7-17(16)23-20-18(22-19)8-5-13-21-20/h3-13H,2H2,1H3,(H,21,23). The zero-order chi connectivity index (χ0) is 16.4. The minimum atomic E-state index is 0.659. The van der Waals surface area contributed by atoms with Crippen LogP contribution < -0.4 is 10.1 Å². The summed E-state index contributed by atoms with van der Waals surface area (Å²) in [6.07, 6.45) is 1.77. The van der Waals surface area contributed by atoms with Crippen LogP contribution in [0.25, 0.3) is 0 Å². The first-order valence-electron chi connectivity index (χ1n) is 7.98. The van der Waals surface area contributed by atoms with Gasteiger partial charge in [0.05, 0.1) is 12.3 Å². The lowest BCUT2D eigenvalue weighted by Gasteiger charge is -2.11. The fourth-order valence-electron chi connectivity index (χ4n) is 2.79. The molecular formula is C20H17N3O. The van der Waals surface area contributed by atoms with Crippen LogP contribution >= 0.6 is 0 Å². The van der Waals surface area contributed by atoms with E-state index in [-0.39, 0.29) is 0 Å². The van der Waals surface area contributed by atoms with Crippen LogP contribution in [0.4, 0.5) is 17.2 Å². The van der Waals surface area contributed by atoms with Crippen molar-refractivity contribution in [2.24, 2.45) is 4.99 Å². The van der Waals surface area contributed by atoms with E-state index in [2.05, 4.69) is 16.4 Å². The van der Waals surface area contributed by atoms with Crippen LogP contribution in [0.5, 0.6) is 5.75 Å². The molecule has 2 heterocycles. The van der Waals surface area contributed by atoms with E-state index in [9.17, 15) is 0 Å². The van der Waals surface area contributed by atoms with Gasteiger partial charge in [-0.15, -0.1) is 0 Å². The van der Waals surface area contributed by atoms with E-state index in [1.54, 1.807) is 6.20 Å². The maximum atomic E-state index is 5.54. The van der Waals surface area contributed by atoms with E-state index in [1.807, 2.05) is 61.5 Å². The van der Waals surface area contributed by atoms with Gasteiger partial charge in [-0.25, -0.2) is 9.98 Å². The van der Waals surface area contributed by atoms with Crippen LogP contribution in [0.15, 0.2) is 71.9 Å². The molecule has 0 unspecified atom stereocenters. The Bertz CT molecular complexity index is 901. The SMILES string of the molecule is CCOc1ccc(C2=Nc3cccnc3Nc3ccccc32)cc1. The zero-order valence-electron chi connectivity index (χ0n) is 13.4. The highest BCUT2D eigenvalue weighted by Crippen LogP contribution is 2.34. The van der Waals surface area contributed by atoms with Gasteiger partial charge in [0.1, 0.15) is 11.4 Å². The van der Waals surface area contributed by atoms with Gasteiger partial charge in [-0.2, -0.15) is 0 Å². The molecule has 1 N–H and O–H groups in total. The predicted molar refractivity (Wildman–Crippen MR) is 96.9 cm³/mol. The van der Waals surface area contributed by atoms with E-state index >= 15 is 0 Å². The summed E-state index contributed by atoms with van der Waals surface area (Å²) in [6.45, 7) is 2.64. The summed E-state index contributed by atoms with van der Waals surface area (Å²) in [5.74, 6) is 1.63. The molecule has 4 rings (SSSR count). The molecule has 0 atom stereocenters. The quantitative estimate of drug-likeness (QED) is 0.596. The second-order valence-electron chi connectivity index (χ2n) is 5.46. The second-order valence-corrected chi connectivity index (χ2v) is 5.46. The normalized spacial score (nSPS) is 12.3. The molecule has 1 aliphatic heterocycles. The molecule has 0 saturated heterocycles. The van der Waals surface area contributed by atoms with Gasteiger partial charge in [0, 0.05) is 23.0 Å². The lowest BCUT2D eigenvalue weighted by molar-refractivity contribution is 0.340. The van der Waals surface area contributed by atoms with Crippen LogP contribution in [-0.4, -0.2) is 17.3 Å². The van der Waals surface area contributed by atoms with E-state index in [0.29, 0.717) is 6.61 Å². The van der Waals surface area contributed by atoms with E-state index < -0.39 is 0 Å². The van der Waals surface area contributed by atoms with Gasteiger partial charge in [0.2, 0.25) is 0 Å². The van der Waals surface area contributed by atoms with Crippen molar-refractivity contribution in [1.29, 1.82) is 0 Å². The summed E-state index contributed by atoms with van der Waals surface area (Å²) in [7, 11) is 0. The summed E-state index contributed by atoms with van der Waals surface area (Å²) in [4.78, 5) is 9.28. The van der Waals surface area contributed by atoms with Crippen molar-refractivity contribution in [3.63, 3.8) is 0 Å². The molecule has 2 aromatic carbocycles. The predicted octanol–water partition coefficient (Wildman–Crippen LogP) is 4.71. The molecule has 0 amide bonds. The van der Waals surface area contributed by atoms with Crippen molar-refractivity contribution in [2.45, 2.75) is 6.92 Å². The maximum absolute atomic E-state index is 5.54. The monoisotopic (exact) mass is 315 g/mol. The average molecular weight is 315 g/mol. The number of hydrogen-bond donors (Lipinski definition) is 1. The largest absolute Gasteiger partial charge is 0.494 e. The van der Waals surface area contributed by atoms with Crippen LogP contribution in [0.3, 0.4) is 0 Å². The highest BCUT2D eigenvalue weighted by molar-refractivity contribution is 6.18. The Morgan fingerprint density at radius 2 is 1.79 bits per heavy atom.